The Kier molecular flexibility index (Phi) is 7.55. The fraction of sp³-hybridized carbons (Fsp3) is 0.450. The second-order valence-corrected chi connectivity index (χ2v) is 15.0. The topological polar surface area (TPSA) is 195 Å². The van der Waals surface area contributed by atoms with Gasteiger partial charge in [-0.15, -0.1) is 0 Å². The van der Waals surface area contributed by atoms with Crippen molar-refractivity contribution in [1.82, 2.24) is 34.4 Å². The number of halogens is 1. The van der Waals surface area contributed by atoms with Crippen LogP contribution in [-0.4, -0.2) is 71.0 Å². The van der Waals surface area contributed by atoms with Crippen molar-refractivity contribution in [2.75, 3.05) is 6.61 Å². The largest absolute Gasteiger partial charge is 0.387 e. The summed E-state index contributed by atoms with van der Waals surface area (Å²) in [6.45, 7) is -3.41. The molecule has 0 amide bonds. The number of nitrogens with zero attached hydrogens (tertiary/aromatic N) is 7. The number of guanidine groups is 1. The molecule has 1 saturated heterocycles. The molecule has 41 heavy (non-hydrogen) atoms. The highest BCUT2D eigenvalue weighted by molar-refractivity contribution is 8.44. The van der Waals surface area contributed by atoms with E-state index in [0.29, 0.717) is 22.6 Å². The van der Waals surface area contributed by atoms with Gasteiger partial charge in [0, 0.05) is 0 Å². The number of alkyl halides is 1. The number of nitrogens with one attached hydrogen (secondary N) is 1. The van der Waals surface area contributed by atoms with E-state index in [0.717, 1.165) is 0 Å². The first kappa shape index (κ1) is 28.8. The van der Waals surface area contributed by atoms with Gasteiger partial charge in [-0.25, -0.2) is 28.9 Å². The third-order valence-corrected chi connectivity index (χ3v) is 9.62. The maximum atomic E-state index is 15.9. The van der Waals surface area contributed by atoms with E-state index in [9.17, 15) is 9.46 Å². The van der Waals surface area contributed by atoms with Crippen molar-refractivity contribution in [2.45, 2.75) is 50.8 Å². The number of imidazole rings is 2. The SMILES string of the molecule is C=C1NC(N)=Nc2c1ncn2[C@@H]1O[C@@H]2COP(O)(=S)O[C@@H](C)Cn3c(nc4cncnc43)COP(=O)(S)O[C@@H]1[C@@H]2F. The molecule has 6 heterocycles. The first-order chi connectivity index (χ1) is 19.4. The summed E-state index contributed by atoms with van der Waals surface area (Å²) in [6.07, 6.45) is -2.70. The minimum Gasteiger partial charge on any atom is -0.369 e. The molecule has 0 saturated carbocycles. The maximum Gasteiger partial charge on any atom is 0.387 e. The number of aromatic nitrogens is 6. The second-order valence-electron chi connectivity index (χ2n) is 9.30. The van der Waals surface area contributed by atoms with Crippen LogP contribution in [0.15, 0.2) is 30.4 Å². The molecule has 1 fully saturated rings. The van der Waals surface area contributed by atoms with Gasteiger partial charge in [-0.3, -0.25) is 13.6 Å². The normalized spacial score (nSPS) is 34.7. The Morgan fingerprint density at radius 3 is 2.95 bits per heavy atom. The lowest BCUT2D eigenvalue weighted by Crippen LogP contribution is -2.33. The average Bonchev–Trinajstić information content (AvgIpc) is 3.55. The van der Waals surface area contributed by atoms with Crippen LogP contribution in [-0.2, 0) is 52.4 Å². The fourth-order valence-electron chi connectivity index (χ4n) is 4.65. The van der Waals surface area contributed by atoms with Crippen LogP contribution in [0, 0.1) is 0 Å². The summed E-state index contributed by atoms with van der Waals surface area (Å²) in [5.74, 6) is 0.486. The van der Waals surface area contributed by atoms with E-state index in [2.05, 4.69) is 49.1 Å². The summed E-state index contributed by atoms with van der Waals surface area (Å²) in [7, 11) is 0. The van der Waals surface area contributed by atoms with Crippen LogP contribution in [0.1, 0.15) is 24.7 Å². The molecule has 21 heteroatoms. The number of hydrogen-bond acceptors (Lipinski definition) is 14. The van der Waals surface area contributed by atoms with Crippen molar-refractivity contribution < 1.29 is 36.7 Å². The van der Waals surface area contributed by atoms with Gasteiger partial charge >= 0.3 is 13.5 Å². The van der Waals surface area contributed by atoms with Crippen molar-refractivity contribution in [2.24, 2.45) is 10.7 Å². The quantitative estimate of drug-likeness (QED) is 0.221. The maximum absolute atomic E-state index is 15.9. The van der Waals surface area contributed by atoms with Crippen molar-refractivity contribution in [3.8, 4) is 0 Å². The molecule has 4 N–H and O–H groups in total. The smallest absolute Gasteiger partial charge is 0.369 e. The summed E-state index contributed by atoms with van der Waals surface area (Å²) in [5.41, 5.74) is 7.39. The van der Waals surface area contributed by atoms with Gasteiger partial charge in [-0.05, 0) is 18.7 Å². The summed E-state index contributed by atoms with van der Waals surface area (Å²) in [6, 6.07) is 0. The molecular formula is C20H24FN9O7P2S2. The molecule has 3 aromatic rings. The number of rotatable bonds is 1. The highest BCUT2D eigenvalue weighted by Gasteiger charge is 2.51. The molecule has 16 nitrogen and oxygen atoms in total. The van der Waals surface area contributed by atoms with E-state index >= 15 is 4.39 Å². The van der Waals surface area contributed by atoms with Crippen LogP contribution in [0.3, 0.4) is 0 Å². The number of nitrogens with two attached hydrogens (primary N) is 1. The molecule has 0 spiro atoms. The van der Waals surface area contributed by atoms with Crippen molar-refractivity contribution >= 4 is 66.2 Å². The minimum absolute atomic E-state index is 0.0221. The summed E-state index contributed by atoms with van der Waals surface area (Å²) in [4.78, 5) is 31.9. The van der Waals surface area contributed by atoms with Crippen molar-refractivity contribution in [3.63, 3.8) is 0 Å². The molecule has 0 aromatic carbocycles. The number of thiol groups is 1. The monoisotopic (exact) mass is 647 g/mol. The van der Waals surface area contributed by atoms with Crippen LogP contribution in [0.4, 0.5) is 10.2 Å². The van der Waals surface area contributed by atoms with Gasteiger partial charge in [-0.1, -0.05) is 18.8 Å². The Balaban J connectivity index is 1.38. The molecule has 2 bridgehead atoms. The van der Waals surface area contributed by atoms with Crippen LogP contribution < -0.4 is 11.1 Å². The fourth-order valence-corrected chi connectivity index (χ4v) is 7.56. The van der Waals surface area contributed by atoms with Gasteiger partial charge < -0.3 is 34.3 Å². The molecule has 0 aliphatic carbocycles. The van der Waals surface area contributed by atoms with E-state index in [1.807, 2.05) is 0 Å². The van der Waals surface area contributed by atoms with Crippen LogP contribution in [0.2, 0.25) is 0 Å². The molecule has 3 aliphatic heterocycles. The Morgan fingerprint density at radius 1 is 1.34 bits per heavy atom. The zero-order valence-electron chi connectivity index (χ0n) is 21.2. The predicted octanol–water partition coefficient (Wildman–Crippen LogP) is 2.07. The number of ether oxygens (including phenoxy) is 1. The zero-order valence-corrected chi connectivity index (χ0v) is 24.7. The Bertz CT molecular complexity index is 1650. The lowest BCUT2D eigenvalue weighted by atomic mass is 10.1. The minimum atomic E-state index is -4.26. The highest BCUT2D eigenvalue weighted by atomic mass is 32.7. The van der Waals surface area contributed by atoms with Gasteiger partial charge in [0.1, 0.15) is 42.2 Å². The van der Waals surface area contributed by atoms with Crippen LogP contribution in [0.5, 0.6) is 0 Å². The van der Waals surface area contributed by atoms with Crippen LogP contribution in [0.25, 0.3) is 16.9 Å². The Hall–Kier alpha value is -2.31. The van der Waals surface area contributed by atoms with E-state index in [1.165, 1.54) is 23.4 Å². The van der Waals surface area contributed by atoms with E-state index < -0.39 is 50.8 Å². The van der Waals surface area contributed by atoms with Gasteiger partial charge in [-0.2, -0.15) is 4.99 Å². The van der Waals surface area contributed by atoms with Gasteiger partial charge in [0.2, 0.25) is 0 Å². The van der Waals surface area contributed by atoms with Gasteiger partial charge in [0.25, 0.3) is 0 Å². The number of aliphatic imine (C=N–C) groups is 1. The zero-order chi connectivity index (χ0) is 29.1. The predicted molar refractivity (Wildman–Crippen MR) is 149 cm³/mol. The number of hydrogen-bond donors (Lipinski definition) is 4. The molecule has 6 rings (SSSR count). The molecular weight excluding hydrogens is 623 g/mol. The summed E-state index contributed by atoms with van der Waals surface area (Å²) in [5, 5.41) is 2.75. The van der Waals surface area contributed by atoms with Gasteiger partial charge in [0.05, 0.1) is 37.5 Å². The second kappa shape index (κ2) is 10.8. The van der Waals surface area contributed by atoms with Gasteiger partial charge in [0.15, 0.2) is 29.8 Å². The Labute approximate surface area is 242 Å². The highest BCUT2D eigenvalue weighted by Crippen LogP contribution is 2.58. The molecule has 7 atom stereocenters. The lowest BCUT2D eigenvalue weighted by Gasteiger charge is -2.25. The van der Waals surface area contributed by atoms with E-state index in [1.54, 1.807) is 11.5 Å². The van der Waals surface area contributed by atoms with E-state index in [-0.39, 0.29) is 30.8 Å². The summed E-state index contributed by atoms with van der Waals surface area (Å²) >= 11 is 9.29. The van der Waals surface area contributed by atoms with Crippen molar-refractivity contribution in [3.05, 3.63) is 36.9 Å². The first-order valence-corrected chi connectivity index (χ1v) is 17.3. The average molecular weight is 648 g/mol. The third kappa shape index (κ3) is 5.71. The number of fused-ring (bicyclic) bond motifs is 6. The van der Waals surface area contributed by atoms with E-state index in [4.69, 9.17) is 40.4 Å². The van der Waals surface area contributed by atoms with Crippen molar-refractivity contribution in [1.29, 1.82) is 0 Å². The lowest BCUT2D eigenvalue weighted by molar-refractivity contribution is -0.0470. The van der Waals surface area contributed by atoms with Crippen LogP contribution >= 0.6 is 25.8 Å². The molecule has 220 valence electrons. The standard InChI is InChI=1S/C20H24FN9O7P2S2/c1-9-4-29-13(27-11-3-23-7-24-17(11)29)6-34-39(32,41)37-16-14(21)12(5-33-38(31,40)36-9)35-19(16)30-8-25-15-10(2)26-20(22)28-18(15)30/h3,7-9,12,14,16,19H,2,4-6H2,1H3,(H,31,40)(H,32,41)(H3,22,26,28)/t9-,12+,14+,16+,19+,38?,39?/m0/s1. The first-order valence-electron chi connectivity index (χ1n) is 12.0. The Morgan fingerprint density at radius 2 is 2.15 bits per heavy atom. The third-order valence-electron chi connectivity index (χ3n) is 6.35. The molecule has 0 radical (unpaired) electrons. The molecule has 3 aliphatic rings. The summed E-state index contributed by atoms with van der Waals surface area (Å²) < 4.78 is 60.6. The molecule has 3 aromatic heterocycles. The molecule has 2 unspecified atom stereocenters.